The molecular weight excluding hydrogens is 324 g/mol. The van der Waals surface area contributed by atoms with Crippen molar-refractivity contribution >= 4 is 11.6 Å². The van der Waals surface area contributed by atoms with Gasteiger partial charge in [0.2, 0.25) is 0 Å². The molecule has 1 aromatic heterocycles. The van der Waals surface area contributed by atoms with Gasteiger partial charge in [-0.15, -0.1) is 0 Å². The van der Waals surface area contributed by atoms with Gasteiger partial charge < -0.3 is 9.47 Å². The molecule has 0 saturated carbocycles. The Morgan fingerprint density at radius 1 is 1.17 bits per heavy atom. The summed E-state index contributed by atoms with van der Waals surface area (Å²) >= 11 is 5.89. The molecule has 0 bridgehead atoms. The highest BCUT2D eigenvalue weighted by Gasteiger charge is 2.23. The van der Waals surface area contributed by atoms with Crippen LogP contribution in [0.1, 0.15) is 17.7 Å². The summed E-state index contributed by atoms with van der Waals surface area (Å²) in [4.78, 5) is 6.85. The van der Waals surface area contributed by atoms with E-state index in [-0.39, 0.29) is 0 Å². The van der Waals surface area contributed by atoms with Crippen LogP contribution in [0.5, 0.6) is 11.5 Å². The third-order valence-electron chi connectivity index (χ3n) is 4.52. The molecule has 0 N–H and O–H groups in total. The van der Waals surface area contributed by atoms with Gasteiger partial charge in [0.15, 0.2) is 11.5 Å². The molecule has 0 radical (unpaired) electrons. The molecule has 24 heavy (non-hydrogen) atoms. The topological polar surface area (TPSA) is 34.6 Å². The third kappa shape index (κ3) is 4.19. The average molecular weight is 347 g/mol. The highest BCUT2D eigenvalue weighted by molar-refractivity contribution is 6.30. The predicted molar refractivity (Wildman–Crippen MR) is 95.9 cm³/mol. The molecule has 0 spiro atoms. The average Bonchev–Trinajstić information content (AvgIpc) is 3.03. The summed E-state index contributed by atoms with van der Waals surface area (Å²) in [6.07, 6.45) is 3.99. The summed E-state index contributed by atoms with van der Waals surface area (Å²) in [5.74, 6) is 2.24. The lowest BCUT2D eigenvalue weighted by atomic mass is 9.98. The second kappa shape index (κ2) is 7.86. The quantitative estimate of drug-likeness (QED) is 0.796. The Kier molecular flexibility index (Phi) is 5.59. The van der Waals surface area contributed by atoms with E-state index in [9.17, 15) is 0 Å². The van der Waals surface area contributed by atoms with Crippen molar-refractivity contribution in [1.82, 2.24) is 9.88 Å². The van der Waals surface area contributed by atoms with Crippen LogP contribution in [0, 0.1) is 5.92 Å². The molecule has 0 amide bonds. The first-order valence-corrected chi connectivity index (χ1v) is 8.59. The van der Waals surface area contributed by atoms with Crippen molar-refractivity contribution in [2.45, 2.75) is 19.4 Å². The van der Waals surface area contributed by atoms with Crippen LogP contribution in [0.4, 0.5) is 0 Å². The highest BCUT2D eigenvalue weighted by atomic mass is 35.5. The van der Waals surface area contributed by atoms with Gasteiger partial charge in [-0.3, -0.25) is 9.88 Å². The van der Waals surface area contributed by atoms with E-state index in [1.165, 1.54) is 12.0 Å². The van der Waals surface area contributed by atoms with Crippen molar-refractivity contribution in [3.63, 3.8) is 0 Å². The van der Waals surface area contributed by atoms with E-state index >= 15 is 0 Å². The number of rotatable bonds is 6. The number of hydrogen-bond acceptors (Lipinski definition) is 4. The minimum absolute atomic E-state index is 0.662. The third-order valence-corrected chi connectivity index (χ3v) is 4.74. The Hall–Kier alpha value is -1.78. The number of aromatic nitrogens is 1. The number of ether oxygens (including phenoxy) is 2. The Morgan fingerprint density at radius 3 is 2.71 bits per heavy atom. The van der Waals surface area contributed by atoms with Crippen LogP contribution in [-0.2, 0) is 13.0 Å². The molecule has 2 aromatic rings. The van der Waals surface area contributed by atoms with E-state index in [1.807, 2.05) is 18.2 Å². The van der Waals surface area contributed by atoms with Crippen LogP contribution in [0.2, 0.25) is 5.02 Å². The van der Waals surface area contributed by atoms with Gasteiger partial charge in [-0.1, -0.05) is 17.7 Å². The lowest BCUT2D eigenvalue weighted by molar-refractivity contribution is 0.312. The number of pyridine rings is 1. The second-order valence-electron chi connectivity index (χ2n) is 6.25. The summed E-state index contributed by atoms with van der Waals surface area (Å²) in [6.45, 7) is 3.10. The fraction of sp³-hybridized carbons (Fsp3) is 0.421. The zero-order chi connectivity index (χ0) is 16.9. The molecule has 0 aliphatic carbocycles. The first kappa shape index (κ1) is 17.1. The molecule has 5 heteroatoms. The van der Waals surface area contributed by atoms with Gasteiger partial charge in [-0.25, -0.2) is 0 Å². The molecule has 1 saturated heterocycles. The van der Waals surface area contributed by atoms with Crippen LogP contribution in [0.15, 0.2) is 36.5 Å². The normalized spacial score (nSPS) is 17.9. The van der Waals surface area contributed by atoms with Crippen molar-refractivity contribution in [3.05, 3.63) is 52.8 Å². The van der Waals surface area contributed by atoms with E-state index in [4.69, 9.17) is 21.1 Å². The molecule has 1 atom stereocenters. The maximum absolute atomic E-state index is 5.89. The summed E-state index contributed by atoms with van der Waals surface area (Å²) < 4.78 is 10.7. The van der Waals surface area contributed by atoms with Crippen molar-refractivity contribution < 1.29 is 9.47 Å². The lowest BCUT2D eigenvalue weighted by Crippen LogP contribution is -2.21. The van der Waals surface area contributed by atoms with Crippen molar-refractivity contribution in [3.8, 4) is 11.5 Å². The molecule has 3 rings (SSSR count). The number of likely N-dealkylation sites (tertiary alicyclic amines) is 1. The van der Waals surface area contributed by atoms with Gasteiger partial charge in [0.25, 0.3) is 0 Å². The smallest absolute Gasteiger partial charge is 0.160 e. The van der Waals surface area contributed by atoms with Gasteiger partial charge >= 0.3 is 0 Å². The first-order valence-electron chi connectivity index (χ1n) is 8.21. The molecule has 1 fully saturated rings. The summed E-state index contributed by atoms with van der Waals surface area (Å²) in [5.41, 5.74) is 2.37. The zero-order valence-electron chi connectivity index (χ0n) is 14.2. The lowest BCUT2D eigenvalue weighted by Gasteiger charge is -2.16. The number of halogens is 1. The van der Waals surface area contributed by atoms with E-state index in [0.717, 1.165) is 43.2 Å². The molecule has 1 aromatic carbocycles. The maximum Gasteiger partial charge on any atom is 0.160 e. The number of methoxy groups -OCH3 is 2. The number of nitrogens with zero attached hydrogens (tertiary/aromatic N) is 2. The van der Waals surface area contributed by atoms with Crippen LogP contribution in [-0.4, -0.2) is 37.2 Å². The van der Waals surface area contributed by atoms with Crippen LogP contribution in [0.25, 0.3) is 0 Å². The number of benzene rings is 1. The van der Waals surface area contributed by atoms with Gasteiger partial charge in [0.1, 0.15) is 0 Å². The minimum Gasteiger partial charge on any atom is -0.493 e. The summed E-state index contributed by atoms with van der Waals surface area (Å²) in [7, 11) is 3.34. The van der Waals surface area contributed by atoms with Crippen LogP contribution < -0.4 is 9.47 Å². The molecule has 2 heterocycles. The van der Waals surface area contributed by atoms with E-state index in [1.54, 1.807) is 20.4 Å². The monoisotopic (exact) mass is 346 g/mol. The predicted octanol–water partition coefficient (Wildman–Crippen LogP) is 3.82. The fourth-order valence-corrected chi connectivity index (χ4v) is 3.40. The molecule has 1 aliphatic heterocycles. The van der Waals surface area contributed by atoms with E-state index in [2.05, 4.69) is 22.0 Å². The van der Waals surface area contributed by atoms with Gasteiger partial charge in [0.05, 0.1) is 24.9 Å². The minimum atomic E-state index is 0.662. The summed E-state index contributed by atoms with van der Waals surface area (Å²) in [6, 6.07) is 10.1. The molecular formula is C19H23ClN2O2. The molecule has 1 aliphatic rings. The second-order valence-corrected chi connectivity index (χ2v) is 6.69. The molecule has 1 unspecified atom stereocenters. The van der Waals surface area contributed by atoms with Crippen molar-refractivity contribution in [2.75, 3.05) is 27.3 Å². The van der Waals surface area contributed by atoms with Crippen molar-refractivity contribution in [1.29, 1.82) is 0 Å². The van der Waals surface area contributed by atoms with Gasteiger partial charge in [-0.2, -0.15) is 0 Å². The van der Waals surface area contributed by atoms with E-state index in [0.29, 0.717) is 10.9 Å². The Morgan fingerprint density at radius 2 is 2.00 bits per heavy atom. The standard InChI is InChI=1S/C19H23ClN2O2/c1-23-18-6-3-14(10-19(18)24-2)9-15-7-8-22(12-15)13-17-5-4-16(20)11-21-17/h3-6,10-11,15H,7-9,12-13H2,1-2H3. The summed E-state index contributed by atoms with van der Waals surface area (Å²) in [5, 5.41) is 0.687. The van der Waals surface area contributed by atoms with Crippen LogP contribution in [0.3, 0.4) is 0 Å². The molecule has 128 valence electrons. The van der Waals surface area contributed by atoms with Crippen LogP contribution >= 0.6 is 11.6 Å². The molecule has 4 nitrogen and oxygen atoms in total. The highest BCUT2D eigenvalue weighted by Crippen LogP contribution is 2.30. The Balaban J connectivity index is 1.57. The van der Waals surface area contributed by atoms with Gasteiger partial charge in [0, 0.05) is 19.3 Å². The Labute approximate surface area is 148 Å². The fourth-order valence-electron chi connectivity index (χ4n) is 3.29. The van der Waals surface area contributed by atoms with Crippen molar-refractivity contribution in [2.24, 2.45) is 5.92 Å². The SMILES string of the molecule is COc1ccc(CC2CCN(Cc3ccc(Cl)cn3)C2)cc1OC. The number of hydrogen-bond donors (Lipinski definition) is 0. The maximum atomic E-state index is 5.89. The van der Waals surface area contributed by atoms with Gasteiger partial charge in [-0.05, 0) is 55.1 Å². The Bertz CT molecular complexity index is 676. The largest absolute Gasteiger partial charge is 0.493 e. The zero-order valence-corrected chi connectivity index (χ0v) is 14.9. The first-order chi connectivity index (χ1) is 11.7. The van der Waals surface area contributed by atoms with E-state index < -0.39 is 0 Å².